The summed E-state index contributed by atoms with van der Waals surface area (Å²) in [5.74, 6) is 2.37. The molecular weight excluding hydrogens is 1120 g/mol. The molecule has 0 aliphatic rings. The predicted molar refractivity (Wildman–Crippen MR) is 363 cm³/mol. The van der Waals surface area contributed by atoms with Crippen LogP contribution in [0.2, 0.25) is 0 Å². The summed E-state index contributed by atoms with van der Waals surface area (Å²) in [6.07, 6.45) is 32.6. The molecule has 0 spiro atoms. The molecule has 448 valence electrons. The fourth-order valence-corrected chi connectivity index (χ4v) is 8.00. The lowest BCUT2D eigenvalue weighted by atomic mass is 10.1. The van der Waals surface area contributed by atoms with Crippen LogP contribution in [0, 0.1) is 48.5 Å². The third-order valence-electron chi connectivity index (χ3n) is 13.0. The molecule has 0 fully saturated rings. The molecule has 0 N–H and O–H groups in total. The Kier molecular flexibility index (Phi) is 25.4. The van der Waals surface area contributed by atoms with Crippen molar-refractivity contribution < 1.29 is 0 Å². The van der Waals surface area contributed by atoms with Crippen LogP contribution in [0.4, 0.5) is 0 Å². The van der Waals surface area contributed by atoms with Gasteiger partial charge in [-0.2, -0.15) is 0 Å². The Labute approximate surface area is 532 Å². The first-order chi connectivity index (χ1) is 44.5. The average molecular weight is 1190 g/mol. The molecule has 0 aliphatic carbocycles. The van der Waals surface area contributed by atoms with Gasteiger partial charge in [0.15, 0.2) is 0 Å². The number of pyridine rings is 9. The van der Waals surface area contributed by atoms with Crippen LogP contribution in [-0.2, 0) is 0 Å². The van der Waals surface area contributed by atoms with Crippen LogP contribution < -0.4 is 0 Å². The fraction of sp³-hybridized carbons (Fsp3) is 0.0921. The number of benzene rings is 2. The summed E-state index contributed by atoms with van der Waals surface area (Å²) >= 11 is 0. The maximum absolute atomic E-state index is 4.35. The van der Waals surface area contributed by atoms with Gasteiger partial charge in [0.25, 0.3) is 0 Å². The van der Waals surface area contributed by atoms with E-state index in [9.17, 15) is 0 Å². The van der Waals surface area contributed by atoms with E-state index in [0.717, 1.165) is 90.6 Å². The Bertz CT molecular complexity index is 3450. The minimum Gasteiger partial charge on any atom is -0.265 e. The van der Waals surface area contributed by atoms with Crippen molar-refractivity contribution in [1.29, 1.82) is 0 Å². The number of rotatable bonds is 7. The van der Waals surface area contributed by atoms with Crippen LogP contribution >= 0.6 is 0 Å². The van der Waals surface area contributed by atoms with Gasteiger partial charge < -0.3 is 0 Å². The van der Waals surface area contributed by atoms with E-state index in [2.05, 4.69) is 105 Å². The monoisotopic (exact) mass is 1190 g/mol. The summed E-state index contributed by atoms with van der Waals surface area (Å²) in [6, 6.07) is 59.9. The zero-order chi connectivity index (χ0) is 63.7. The second-order valence-electron chi connectivity index (χ2n) is 20.3. The molecule has 15 nitrogen and oxygen atoms in total. The Morgan fingerprint density at radius 2 is 0.495 bits per heavy atom. The average Bonchev–Trinajstić information content (AvgIpc) is 3.81. The van der Waals surface area contributed by atoms with Crippen molar-refractivity contribution in [1.82, 2.24) is 74.8 Å². The highest BCUT2D eigenvalue weighted by Crippen LogP contribution is 2.20. The maximum atomic E-state index is 4.35. The first-order valence-corrected chi connectivity index (χ1v) is 29.2. The molecule has 14 aromatic rings. The second-order valence-corrected chi connectivity index (χ2v) is 20.3. The fourth-order valence-electron chi connectivity index (χ4n) is 8.00. The predicted octanol–water partition coefficient (Wildman–Crippen LogP) is 16.6. The van der Waals surface area contributed by atoms with Gasteiger partial charge in [0, 0.05) is 150 Å². The Morgan fingerprint density at radius 3 is 0.890 bits per heavy atom. The summed E-state index contributed by atoms with van der Waals surface area (Å²) in [6.45, 7) is 13.7. The minimum atomic E-state index is 0.777. The smallest absolute Gasteiger partial charge is 0.125 e. The topological polar surface area (TPSA) is 193 Å². The zero-order valence-corrected chi connectivity index (χ0v) is 51.9. The number of nitrogens with zero attached hydrogens (tertiary/aromatic N) is 15. The highest BCUT2D eigenvalue weighted by Gasteiger charge is 2.03. The van der Waals surface area contributed by atoms with Gasteiger partial charge in [-0.15, -0.1) is 0 Å². The standard InChI is InChI=1S/C12H11N.4C11H10N2.2C10H9N3/c1-10-7-8-12(13-9-10)11-5-3-2-4-6-11;1-9-2-3-11(13-8-9)10-4-6-12-7-5-10;1-9-4-5-11(13-7-9)10-3-2-6-12-8-10;1-9-5-6-11(13-8-9)10-4-2-3-7-12-10;1-9-12-7-11(8-13-9)10-5-3-2-4-6-10;1-8-12-6-10(7-13-8)9-3-2-4-11-5-9;1-8-12-6-9(7-13-8)10-4-2-3-5-11-10/h2-9H,1H3;4*2-8H,1H3;2*2-7H,1H3. The summed E-state index contributed by atoms with van der Waals surface area (Å²) < 4.78 is 0. The SMILES string of the molecule is Cc1ccc(-c2ccccc2)nc1.Cc1ccc(-c2ccccn2)nc1.Cc1ccc(-c2cccnc2)nc1.Cc1ccc(-c2ccncc2)nc1.Cc1ncc(-c2ccccc2)cn1.Cc1ncc(-c2ccccn2)cn1.Cc1ncc(-c2cccnc2)cn1. The number of aromatic nitrogens is 15. The highest BCUT2D eigenvalue weighted by molar-refractivity contribution is 5.63. The lowest BCUT2D eigenvalue weighted by Gasteiger charge is -1.99. The number of aryl methyl sites for hydroxylation is 7. The van der Waals surface area contributed by atoms with Gasteiger partial charge in [-0.25, -0.2) is 29.9 Å². The molecule has 0 atom stereocenters. The second kappa shape index (κ2) is 35.6. The van der Waals surface area contributed by atoms with Gasteiger partial charge in [-0.1, -0.05) is 103 Å². The summed E-state index contributed by atoms with van der Waals surface area (Å²) in [4.78, 5) is 62.4. The Hall–Kier alpha value is -12.0. The summed E-state index contributed by atoms with van der Waals surface area (Å²) in [5, 5.41) is 0. The minimum absolute atomic E-state index is 0.777. The first-order valence-electron chi connectivity index (χ1n) is 29.2. The molecule has 12 aromatic heterocycles. The molecular formula is C76H69N15. The summed E-state index contributed by atoms with van der Waals surface area (Å²) in [5.41, 5.74) is 19.0. The van der Waals surface area contributed by atoms with Crippen molar-refractivity contribution in [3.8, 4) is 78.7 Å². The molecule has 0 aliphatic heterocycles. The van der Waals surface area contributed by atoms with Crippen molar-refractivity contribution in [2.75, 3.05) is 0 Å². The first kappa shape index (κ1) is 65.0. The van der Waals surface area contributed by atoms with Crippen LogP contribution in [-0.4, -0.2) is 74.8 Å². The molecule has 2 aromatic carbocycles. The van der Waals surface area contributed by atoms with Crippen LogP contribution in [0.15, 0.2) is 294 Å². The van der Waals surface area contributed by atoms with E-state index < -0.39 is 0 Å². The van der Waals surface area contributed by atoms with Crippen molar-refractivity contribution in [3.05, 3.63) is 333 Å². The van der Waals surface area contributed by atoms with E-state index >= 15 is 0 Å². The molecule has 0 amide bonds. The lowest BCUT2D eigenvalue weighted by molar-refractivity contribution is 1.05. The van der Waals surface area contributed by atoms with E-state index in [-0.39, 0.29) is 0 Å². The van der Waals surface area contributed by atoms with Crippen molar-refractivity contribution in [2.24, 2.45) is 0 Å². The van der Waals surface area contributed by atoms with E-state index in [1.165, 1.54) is 27.8 Å². The van der Waals surface area contributed by atoms with Gasteiger partial charge in [0.05, 0.1) is 34.2 Å². The van der Waals surface area contributed by atoms with Gasteiger partial charge in [0.1, 0.15) is 17.5 Å². The zero-order valence-electron chi connectivity index (χ0n) is 51.9. The number of hydrogen-bond donors (Lipinski definition) is 0. The summed E-state index contributed by atoms with van der Waals surface area (Å²) in [7, 11) is 0. The quantitative estimate of drug-likeness (QED) is 0.146. The van der Waals surface area contributed by atoms with Crippen molar-refractivity contribution in [3.63, 3.8) is 0 Å². The maximum Gasteiger partial charge on any atom is 0.125 e. The third kappa shape index (κ3) is 22.4. The Morgan fingerprint density at radius 1 is 0.165 bits per heavy atom. The highest BCUT2D eigenvalue weighted by atomic mass is 14.9. The van der Waals surface area contributed by atoms with E-state index in [1.54, 1.807) is 68.2 Å². The van der Waals surface area contributed by atoms with Crippen LogP contribution in [0.1, 0.15) is 39.7 Å². The molecule has 0 saturated heterocycles. The van der Waals surface area contributed by atoms with Gasteiger partial charge in [-0.3, -0.25) is 44.9 Å². The molecule has 0 saturated carbocycles. The number of hydrogen-bond acceptors (Lipinski definition) is 15. The van der Waals surface area contributed by atoms with Crippen LogP contribution in [0.25, 0.3) is 78.7 Å². The molecule has 0 radical (unpaired) electrons. The largest absolute Gasteiger partial charge is 0.265 e. The van der Waals surface area contributed by atoms with Gasteiger partial charge in [-0.05, 0) is 155 Å². The molecule has 91 heavy (non-hydrogen) atoms. The van der Waals surface area contributed by atoms with E-state index in [4.69, 9.17) is 0 Å². The Balaban J connectivity index is 0.000000137. The van der Waals surface area contributed by atoms with Crippen molar-refractivity contribution in [2.45, 2.75) is 48.5 Å². The third-order valence-corrected chi connectivity index (χ3v) is 13.0. The molecule has 14 rings (SSSR count). The van der Waals surface area contributed by atoms with Crippen LogP contribution in [0.5, 0.6) is 0 Å². The van der Waals surface area contributed by atoms with Crippen LogP contribution in [0.3, 0.4) is 0 Å². The van der Waals surface area contributed by atoms with E-state index in [1.807, 2.05) is 244 Å². The van der Waals surface area contributed by atoms with Gasteiger partial charge in [0.2, 0.25) is 0 Å². The lowest BCUT2D eigenvalue weighted by Crippen LogP contribution is -1.88. The molecule has 12 heterocycles. The molecule has 0 unspecified atom stereocenters. The van der Waals surface area contributed by atoms with Crippen molar-refractivity contribution >= 4 is 0 Å². The van der Waals surface area contributed by atoms with E-state index in [0.29, 0.717) is 0 Å². The molecule has 15 heteroatoms. The molecule has 0 bridgehead atoms. The van der Waals surface area contributed by atoms with Gasteiger partial charge >= 0.3 is 0 Å². The normalized spacial score (nSPS) is 9.92.